The summed E-state index contributed by atoms with van der Waals surface area (Å²) in [6.45, 7) is -1.52. The zero-order valence-electron chi connectivity index (χ0n) is 16.9. The number of para-hydroxylation sites is 1. The highest BCUT2D eigenvalue weighted by Gasteiger charge is 2.41. The number of hydrogen-bond acceptors (Lipinski definition) is 5. The van der Waals surface area contributed by atoms with Crippen molar-refractivity contribution in [3.05, 3.63) is 77.3 Å². The lowest BCUT2D eigenvalue weighted by molar-refractivity contribution is -0.145. The molecule has 0 fully saturated rings. The van der Waals surface area contributed by atoms with Crippen molar-refractivity contribution in [2.75, 3.05) is 10.6 Å². The molecule has 0 radical (unpaired) electrons. The van der Waals surface area contributed by atoms with Gasteiger partial charge < -0.3 is 15.4 Å². The molecule has 1 aliphatic heterocycles. The largest absolute Gasteiger partial charge is 0.453 e. The highest BCUT2D eigenvalue weighted by molar-refractivity contribution is 6.06. The maximum absolute atomic E-state index is 13.3. The van der Waals surface area contributed by atoms with Gasteiger partial charge in [-0.1, -0.05) is 30.3 Å². The predicted molar refractivity (Wildman–Crippen MR) is 108 cm³/mol. The van der Waals surface area contributed by atoms with E-state index in [-0.39, 0.29) is 23.0 Å². The van der Waals surface area contributed by atoms with E-state index >= 15 is 0 Å². The maximum atomic E-state index is 13.3. The van der Waals surface area contributed by atoms with E-state index in [0.717, 1.165) is 4.68 Å². The van der Waals surface area contributed by atoms with Crippen molar-refractivity contribution in [3.8, 4) is 5.75 Å². The van der Waals surface area contributed by atoms with Crippen LogP contribution in [0.15, 0.2) is 65.9 Å². The molecule has 0 aliphatic carbocycles. The second kappa shape index (κ2) is 8.52. The molecule has 12 heteroatoms. The molecule has 1 unspecified atom stereocenters. The summed E-state index contributed by atoms with van der Waals surface area (Å²) in [6, 6.07) is 12.6. The summed E-state index contributed by atoms with van der Waals surface area (Å²) in [5.74, 6) is -2.33. The Kier molecular flexibility index (Phi) is 5.75. The third kappa shape index (κ3) is 4.64. The molecule has 2 heterocycles. The number of amides is 1. The van der Waals surface area contributed by atoms with Crippen LogP contribution in [0.1, 0.15) is 24.4 Å². The van der Waals surface area contributed by atoms with Gasteiger partial charge in [0.2, 0.25) is 5.95 Å². The number of fused-ring (bicyclic) bond motifs is 1. The van der Waals surface area contributed by atoms with Crippen LogP contribution in [-0.2, 0) is 11.0 Å². The van der Waals surface area contributed by atoms with Crippen LogP contribution in [0, 0.1) is 0 Å². The van der Waals surface area contributed by atoms with Gasteiger partial charge in [0.1, 0.15) is 11.8 Å². The Morgan fingerprint density at radius 2 is 1.79 bits per heavy atom. The lowest BCUT2D eigenvalue weighted by Gasteiger charge is -2.28. The third-order valence-corrected chi connectivity index (χ3v) is 4.80. The summed E-state index contributed by atoms with van der Waals surface area (Å²) < 4.78 is 70.1. The summed E-state index contributed by atoms with van der Waals surface area (Å²) in [4.78, 5) is 16.7. The molecule has 0 spiro atoms. The number of benzene rings is 2. The number of aromatic nitrogens is 3. The van der Waals surface area contributed by atoms with Crippen molar-refractivity contribution in [1.82, 2.24) is 14.8 Å². The molecule has 172 valence electrons. The van der Waals surface area contributed by atoms with Crippen LogP contribution in [0.25, 0.3) is 0 Å². The number of halogens is 5. The Balaban J connectivity index is 1.78. The quantitative estimate of drug-likeness (QED) is 0.528. The van der Waals surface area contributed by atoms with Gasteiger partial charge in [-0.05, 0) is 36.8 Å². The number of carbonyl (C=O) groups is 1. The number of carbonyl (C=O) groups excluding carboxylic acids is 1. The Labute approximate surface area is 183 Å². The zero-order chi connectivity index (χ0) is 23.8. The first-order chi connectivity index (χ1) is 15.6. The molecule has 0 saturated heterocycles. The van der Waals surface area contributed by atoms with Crippen molar-refractivity contribution in [2.24, 2.45) is 0 Å². The molecule has 1 aliphatic rings. The number of nitrogens with zero attached hydrogens (tertiary/aromatic N) is 3. The lowest BCUT2D eigenvalue weighted by Crippen LogP contribution is -2.31. The van der Waals surface area contributed by atoms with Gasteiger partial charge >= 0.3 is 12.8 Å². The fraction of sp³-hybridized carbons (Fsp3) is 0.190. The molecule has 4 rings (SSSR count). The summed E-state index contributed by atoms with van der Waals surface area (Å²) >= 11 is 0. The first-order valence-electron chi connectivity index (χ1n) is 9.56. The van der Waals surface area contributed by atoms with Crippen molar-refractivity contribution in [3.63, 3.8) is 0 Å². The van der Waals surface area contributed by atoms with Crippen LogP contribution in [0.5, 0.6) is 5.75 Å². The van der Waals surface area contributed by atoms with Gasteiger partial charge in [-0.2, -0.15) is 26.9 Å². The standard InChI is InChI=1S/C21H16F5N5O2/c1-11-15(17(32)28-13-5-3-2-4-6-13)16(12-7-9-14(10-8-12)33-19(22)23)31-20(27-11)29-18(30-31)21(24,25)26/h2-10,16,19H,1H3,(H,28,32)(H,27,29,30). The SMILES string of the molecule is CC1=C(C(=O)Nc2ccccc2)C(c2ccc(OC(F)F)cc2)n2nc(C(F)(F)F)nc2N1. The molecule has 1 amide bonds. The molecule has 3 aromatic rings. The van der Waals surface area contributed by atoms with E-state index in [0.29, 0.717) is 11.3 Å². The van der Waals surface area contributed by atoms with Gasteiger partial charge in [0, 0.05) is 11.4 Å². The number of rotatable bonds is 5. The molecule has 0 saturated carbocycles. The Morgan fingerprint density at radius 1 is 1.12 bits per heavy atom. The van der Waals surface area contributed by atoms with Gasteiger partial charge in [0.25, 0.3) is 11.7 Å². The Morgan fingerprint density at radius 3 is 2.39 bits per heavy atom. The highest BCUT2D eigenvalue weighted by Crippen LogP contribution is 2.38. The highest BCUT2D eigenvalue weighted by atomic mass is 19.4. The lowest BCUT2D eigenvalue weighted by atomic mass is 9.95. The molecule has 33 heavy (non-hydrogen) atoms. The summed E-state index contributed by atoms with van der Waals surface area (Å²) in [6.07, 6.45) is -4.81. The monoisotopic (exact) mass is 465 g/mol. The average Bonchev–Trinajstić information content (AvgIpc) is 3.18. The van der Waals surface area contributed by atoms with Crippen LogP contribution in [-0.4, -0.2) is 27.3 Å². The maximum Gasteiger partial charge on any atom is 0.453 e. The van der Waals surface area contributed by atoms with Gasteiger partial charge in [-0.15, -0.1) is 5.10 Å². The third-order valence-electron chi connectivity index (χ3n) is 4.80. The summed E-state index contributed by atoms with van der Waals surface area (Å²) in [5, 5.41) is 8.97. The summed E-state index contributed by atoms with van der Waals surface area (Å²) in [5.41, 5.74) is 1.13. The van der Waals surface area contributed by atoms with Crippen molar-refractivity contribution in [2.45, 2.75) is 25.8 Å². The molecule has 1 aromatic heterocycles. The summed E-state index contributed by atoms with van der Waals surface area (Å²) in [7, 11) is 0. The first kappa shape index (κ1) is 22.2. The van der Waals surface area contributed by atoms with Gasteiger partial charge in [0.05, 0.1) is 5.57 Å². The minimum atomic E-state index is -4.81. The molecule has 2 aromatic carbocycles. The van der Waals surface area contributed by atoms with Crippen molar-refractivity contribution in [1.29, 1.82) is 0 Å². The van der Waals surface area contributed by atoms with Crippen LogP contribution >= 0.6 is 0 Å². The molecule has 0 bridgehead atoms. The number of alkyl halides is 5. The van der Waals surface area contributed by atoms with Crippen LogP contribution < -0.4 is 15.4 Å². The van der Waals surface area contributed by atoms with Gasteiger partial charge in [-0.3, -0.25) is 4.79 Å². The van der Waals surface area contributed by atoms with Crippen LogP contribution in [0.3, 0.4) is 0 Å². The van der Waals surface area contributed by atoms with E-state index < -0.39 is 30.6 Å². The van der Waals surface area contributed by atoms with E-state index in [4.69, 9.17) is 0 Å². The van der Waals surface area contributed by atoms with E-state index in [1.807, 2.05) is 0 Å². The fourth-order valence-electron chi connectivity index (χ4n) is 3.42. The second-order valence-corrected chi connectivity index (χ2v) is 7.04. The fourth-order valence-corrected chi connectivity index (χ4v) is 3.42. The van der Waals surface area contributed by atoms with Crippen LogP contribution in [0.2, 0.25) is 0 Å². The normalized spacial score (nSPS) is 15.8. The zero-order valence-corrected chi connectivity index (χ0v) is 16.9. The molecular formula is C21H16F5N5O2. The van der Waals surface area contributed by atoms with E-state index in [1.165, 1.54) is 31.2 Å². The molecule has 2 N–H and O–H groups in total. The topological polar surface area (TPSA) is 81.1 Å². The molecule has 1 atom stereocenters. The van der Waals surface area contributed by atoms with E-state index in [2.05, 4.69) is 25.5 Å². The number of anilines is 2. The second-order valence-electron chi connectivity index (χ2n) is 7.04. The Hall–Kier alpha value is -3.96. The van der Waals surface area contributed by atoms with E-state index in [1.54, 1.807) is 30.3 Å². The van der Waals surface area contributed by atoms with E-state index in [9.17, 15) is 26.7 Å². The van der Waals surface area contributed by atoms with Crippen molar-refractivity contribution >= 4 is 17.5 Å². The smallest absolute Gasteiger partial charge is 0.435 e. The predicted octanol–water partition coefficient (Wildman–Crippen LogP) is 4.83. The van der Waals surface area contributed by atoms with Gasteiger partial charge in [-0.25, -0.2) is 4.68 Å². The minimum Gasteiger partial charge on any atom is -0.435 e. The Bertz CT molecular complexity index is 1190. The molecular weight excluding hydrogens is 449 g/mol. The van der Waals surface area contributed by atoms with Crippen LogP contribution in [0.4, 0.5) is 33.6 Å². The van der Waals surface area contributed by atoms with Crippen molar-refractivity contribution < 1.29 is 31.5 Å². The van der Waals surface area contributed by atoms with Gasteiger partial charge in [0.15, 0.2) is 0 Å². The number of nitrogens with one attached hydrogen (secondary N) is 2. The average molecular weight is 465 g/mol. The minimum absolute atomic E-state index is 0.0764. The number of hydrogen-bond donors (Lipinski definition) is 2. The molecule has 7 nitrogen and oxygen atoms in total. The number of allylic oxidation sites excluding steroid dienone is 1. The first-order valence-corrected chi connectivity index (χ1v) is 9.56. The number of ether oxygens (including phenoxy) is 1.